The highest BCUT2D eigenvalue weighted by Crippen LogP contribution is 2.35. The SMILES string of the molecule is [2H]c1c([2H])c(-c2ccc(N(c3ccccc3)c3ccccc3)cc2)c([2H])c([2H])c1-c1ccc(Br)cc1. The average molecular weight is 480 g/mol. The van der Waals surface area contributed by atoms with Crippen molar-refractivity contribution in [3.8, 4) is 22.3 Å². The largest absolute Gasteiger partial charge is 0.311 e. The molecule has 0 aliphatic carbocycles. The summed E-state index contributed by atoms with van der Waals surface area (Å²) in [4.78, 5) is 2.13. The zero-order valence-corrected chi connectivity index (χ0v) is 18.8. The first-order chi connectivity index (χ1) is 17.5. The van der Waals surface area contributed by atoms with E-state index in [4.69, 9.17) is 5.48 Å². The van der Waals surface area contributed by atoms with Crippen molar-refractivity contribution in [2.75, 3.05) is 4.90 Å². The van der Waals surface area contributed by atoms with E-state index >= 15 is 0 Å². The highest BCUT2D eigenvalue weighted by Gasteiger charge is 2.11. The fourth-order valence-corrected chi connectivity index (χ4v) is 3.86. The van der Waals surface area contributed by atoms with Crippen molar-refractivity contribution in [2.45, 2.75) is 0 Å². The van der Waals surface area contributed by atoms with E-state index in [0.717, 1.165) is 21.5 Å². The van der Waals surface area contributed by atoms with Gasteiger partial charge in [0.2, 0.25) is 0 Å². The Morgan fingerprint density at radius 1 is 0.438 bits per heavy atom. The minimum Gasteiger partial charge on any atom is -0.311 e. The lowest BCUT2D eigenvalue weighted by Gasteiger charge is -2.25. The lowest BCUT2D eigenvalue weighted by atomic mass is 10.00. The molecule has 0 unspecified atom stereocenters. The zero-order chi connectivity index (χ0) is 25.2. The lowest BCUT2D eigenvalue weighted by molar-refractivity contribution is 1.28. The van der Waals surface area contributed by atoms with Crippen molar-refractivity contribution in [2.24, 2.45) is 0 Å². The van der Waals surface area contributed by atoms with Crippen LogP contribution in [0, 0.1) is 0 Å². The maximum absolute atomic E-state index is 8.70. The zero-order valence-electron chi connectivity index (χ0n) is 21.2. The molecule has 154 valence electrons. The van der Waals surface area contributed by atoms with E-state index in [1.165, 1.54) is 0 Å². The molecule has 0 bridgehead atoms. The van der Waals surface area contributed by atoms with Crippen LogP contribution in [0.1, 0.15) is 5.48 Å². The Balaban J connectivity index is 1.59. The third-order valence-corrected chi connectivity index (χ3v) is 5.73. The van der Waals surface area contributed by atoms with Crippen LogP contribution in [0.15, 0.2) is 138 Å². The van der Waals surface area contributed by atoms with Gasteiger partial charge in [0, 0.05) is 21.5 Å². The van der Waals surface area contributed by atoms with Crippen molar-refractivity contribution < 1.29 is 5.48 Å². The van der Waals surface area contributed by atoms with Crippen LogP contribution >= 0.6 is 15.9 Å². The molecule has 0 aromatic heterocycles. The molecule has 0 amide bonds. The minimum atomic E-state index is -0.0513. The molecule has 0 fully saturated rings. The fourth-order valence-electron chi connectivity index (χ4n) is 3.60. The standard InChI is InChI=1S/C30H22BrN/c31-27-19-15-25(16-20-27)23-11-13-24(14-12-23)26-17-21-30(22-18-26)32(28-7-3-1-4-8-28)29-9-5-2-6-10-29/h1-22H/i11D,12D,13D,14D. The summed E-state index contributed by atoms with van der Waals surface area (Å²) in [5.74, 6) is 0. The first-order valence-electron chi connectivity index (χ1n) is 12.3. The number of anilines is 3. The Morgan fingerprint density at radius 3 is 1.25 bits per heavy atom. The molecule has 0 aliphatic heterocycles. The van der Waals surface area contributed by atoms with E-state index in [1.807, 2.05) is 97.1 Å². The molecule has 0 atom stereocenters. The van der Waals surface area contributed by atoms with E-state index in [9.17, 15) is 0 Å². The molecular weight excluding hydrogens is 454 g/mol. The van der Waals surface area contributed by atoms with Crippen LogP contribution in [-0.2, 0) is 0 Å². The summed E-state index contributed by atoms with van der Waals surface area (Å²) in [5, 5.41) is 0. The van der Waals surface area contributed by atoms with Crippen LogP contribution in [0.3, 0.4) is 0 Å². The van der Waals surface area contributed by atoms with Gasteiger partial charge in [-0.3, -0.25) is 0 Å². The highest BCUT2D eigenvalue weighted by atomic mass is 79.9. The van der Waals surface area contributed by atoms with Crippen molar-refractivity contribution in [1.82, 2.24) is 0 Å². The maximum Gasteiger partial charge on any atom is 0.0629 e. The van der Waals surface area contributed by atoms with Crippen LogP contribution < -0.4 is 4.90 Å². The topological polar surface area (TPSA) is 3.24 Å². The van der Waals surface area contributed by atoms with Crippen LogP contribution in [0.5, 0.6) is 0 Å². The molecule has 5 rings (SSSR count). The first kappa shape index (κ1) is 16.1. The highest BCUT2D eigenvalue weighted by molar-refractivity contribution is 9.10. The van der Waals surface area contributed by atoms with E-state index in [2.05, 4.69) is 20.8 Å². The van der Waals surface area contributed by atoms with E-state index in [0.29, 0.717) is 22.3 Å². The van der Waals surface area contributed by atoms with Crippen LogP contribution in [0.4, 0.5) is 17.1 Å². The number of benzene rings is 5. The number of halogens is 1. The van der Waals surface area contributed by atoms with Gasteiger partial charge >= 0.3 is 0 Å². The lowest BCUT2D eigenvalue weighted by Crippen LogP contribution is -2.09. The Morgan fingerprint density at radius 2 is 0.812 bits per heavy atom. The van der Waals surface area contributed by atoms with Gasteiger partial charge in [0.1, 0.15) is 0 Å². The Kier molecular flexibility index (Phi) is 4.65. The third kappa shape index (κ3) is 4.37. The van der Waals surface area contributed by atoms with Gasteiger partial charge in [-0.05, 0) is 70.8 Å². The Bertz CT molecular complexity index is 1440. The van der Waals surface area contributed by atoms with Gasteiger partial charge in [-0.2, -0.15) is 0 Å². The number of para-hydroxylation sites is 2. The molecule has 2 heteroatoms. The molecule has 1 nitrogen and oxygen atoms in total. The molecule has 5 aromatic carbocycles. The van der Waals surface area contributed by atoms with E-state index in [-0.39, 0.29) is 24.2 Å². The molecule has 0 heterocycles. The van der Waals surface area contributed by atoms with Gasteiger partial charge in [0.05, 0.1) is 5.48 Å². The van der Waals surface area contributed by atoms with Gasteiger partial charge in [-0.15, -0.1) is 0 Å². The molecule has 5 aromatic rings. The van der Waals surface area contributed by atoms with E-state index in [1.54, 1.807) is 12.1 Å². The van der Waals surface area contributed by atoms with Crippen molar-refractivity contribution in [1.29, 1.82) is 0 Å². The Labute approximate surface area is 203 Å². The summed E-state index contributed by atoms with van der Waals surface area (Å²) >= 11 is 3.40. The molecule has 32 heavy (non-hydrogen) atoms. The second-order valence-electron chi connectivity index (χ2n) is 7.31. The predicted molar refractivity (Wildman–Crippen MR) is 140 cm³/mol. The summed E-state index contributed by atoms with van der Waals surface area (Å²) in [6, 6.07) is 34.8. The van der Waals surface area contributed by atoms with Crippen molar-refractivity contribution in [3.05, 3.63) is 138 Å². The summed E-state index contributed by atoms with van der Waals surface area (Å²) in [7, 11) is 0. The summed E-state index contributed by atoms with van der Waals surface area (Å²) in [6.07, 6.45) is 0. The van der Waals surface area contributed by atoms with Gasteiger partial charge in [-0.1, -0.05) is 101 Å². The Hall–Kier alpha value is -3.62. The first-order valence-corrected chi connectivity index (χ1v) is 11.1. The monoisotopic (exact) mass is 479 g/mol. The number of nitrogens with zero attached hydrogens (tertiary/aromatic N) is 1. The van der Waals surface area contributed by atoms with E-state index < -0.39 is 0 Å². The number of hydrogen-bond acceptors (Lipinski definition) is 1. The quantitative estimate of drug-likeness (QED) is 0.242. The van der Waals surface area contributed by atoms with Gasteiger partial charge in [-0.25, -0.2) is 0 Å². The smallest absolute Gasteiger partial charge is 0.0629 e. The van der Waals surface area contributed by atoms with Gasteiger partial charge in [0.15, 0.2) is 0 Å². The molecule has 0 spiro atoms. The normalized spacial score (nSPS) is 12.4. The predicted octanol–water partition coefficient (Wildman–Crippen LogP) is 9.25. The number of hydrogen-bond donors (Lipinski definition) is 0. The molecule has 0 N–H and O–H groups in total. The van der Waals surface area contributed by atoms with Crippen LogP contribution in [-0.4, -0.2) is 0 Å². The van der Waals surface area contributed by atoms with Crippen LogP contribution in [0.25, 0.3) is 22.3 Å². The molecule has 0 saturated carbocycles. The maximum atomic E-state index is 8.70. The molecule has 0 saturated heterocycles. The van der Waals surface area contributed by atoms with Gasteiger partial charge in [0.25, 0.3) is 0 Å². The fraction of sp³-hybridized carbons (Fsp3) is 0. The second-order valence-corrected chi connectivity index (χ2v) is 8.23. The summed E-state index contributed by atoms with van der Waals surface area (Å²) in [5.41, 5.74) is 4.84. The van der Waals surface area contributed by atoms with Crippen molar-refractivity contribution in [3.63, 3.8) is 0 Å². The third-order valence-electron chi connectivity index (χ3n) is 5.20. The summed E-state index contributed by atoms with van der Waals surface area (Å²) in [6.45, 7) is 0. The second kappa shape index (κ2) is 9.25. The molecule has 0 radical (unpaired) electrons. The summed E-state index contributed by atoms with van der Waals surface area (Å²) < 4.78 is 35.6. The van der Waals surface area contributed by atoms with Crippen molar-refractivity contribution >= 4 is 33.0 Å². The van der Waals surface area contributed by atoms with Crippen LogP contribution in [0.2, 0.25) is 0 Å². The van der Waals surface area contributed by atoms with Gasteiger partial charge < -0.3 is 4.90 Å². The number of rotatable bonds is 5. The average Bonchev–Trinajstić information content (AvgIpc) is 2.91. The molecular formula is C30H22BrN. The minimum absolute atomic E-state index is 0.0485. The molecule has 0 aliphatic rings.